The molecule has 1 saturated heterocycles. The predicted molar refractivity (Wildman–Crippen MR) is 78.4 cm³/mol. The van der Waals surface area contributed by atoms with Gasteiger partial charge in [0.15, 0.2) is 0 Å². The number of hydrogen-bond acceptors (Lipinski definition) is 5. The third-order valence-electron chi connectivity index (χ3n) is 3.41. The highest BCUT2D eigenvalue weighted by molar-refractivity contribution is 6.30. The number of nitrogens with zero attached hydrogens (tertiary/aromatic N) is 3. The van der Waals surface area contributed by atoms with Gasteiger partial charge in [0.2, 0.25) is 0 Å². The largest absolute Gasteiger partial charge is 0.391 e. The molecule has 1 fully saturated rings. The molecule has 0 radical (unpaired) electrons. The molecule has 1 aliphatic rings. The van der Waals surface area contributed by atoms with Crippen molar-refractivity contribution in [1.82, 2.24) is 4.90 Å². The van der Waals surface area contributed by atoms with E-state index in [1.54, 1.807) is 12.1 Å². The SMILES string of the molecule is CN(C)CC1CC(O)CN1c1ccc(Cl)cc1[N+](=O)[O-]. The third-order valence-corrected chi connectivity index (χ3v) is 3.65. The summed E-state index contributed by atoms with van der Waals surface area (Å²) in [6.45, 7) is 1.14. The number of anilines is 1. The van der Waals surface area contributed by atoms with Crippen LogP contribution in [0, 0.1) is 10.1 Å². The molecule has 20 heavy (non-hydrogen) atoms. The Kier molecular flexibility index (Phi) is 4.47. The van der Waals surface area contributed by atoms with E-state index in [2.05, 4.69) is 0 Å². The molecule has 1 aromatic rings. The minimum absolute atomic E-state index is 0.0182. The van der Waals surface area contributed by atoms with Crippen LogP contribution in [0.2, 0.25) is 5.02 Å². The van der Waals surface area contributed by atoms with Gasteiger partial charge in [-0.2, -0.15) is 0 Å². The second-order valence-electron chi connectivity index (χ2n) is 5.35. The van der Waals surface area contributed by atoms with Crippen LogP contribution in [0.1, 0.15) is 6.42 Å². The van der Waals surface area contributed by atoms with Crippen molar-refractivity contribution >= 4 is 23.0 Å². The number of rotatable bonds is 4. The maximum absolute atomic E-state index is 11.2. The van der Waals surface area contributed by atoms with E-state index in [9.17, 15) is 15.2 Å². The Balaban J connectivity index is 2.36. The zero-order chi connectivity index (χ0) is 14.9. The Labute approximate surface area is 122 Å². The number of hydrogen-bond donors (Lipinski definition) is 1. The van der Waals surface area contributed by atoms with Crippen molar-refractivity contribution in [3.63, 3.8) is 0 Å². The molecular formula is C13H18ClN3O3. The summed E-state index contributed by atoms with van der Waals surface area (Å²) in [4.78, 5) is 14.7. The fourth-order valence-electron chi connectivity index (χ4n) is 2.67. The molecule has 1 aromatic carbocycles. The van der Waals surface area contributed by atoms with E-state index in [0.717, 1.165) is 6.54 Å². The summed E-state index contributed by atoms with van der Waals surface area (Å²) in [6, 6.07) is 4.71. The monoisotopic (exact) mass is 299 g/mol. The summed E-state index contributed by atoms with van der Waals surface area (Å²) in [5, 5.41) is 21.4. The van der Waals surface area contributed by atoms with Gasteiger partial charge in [0.1, 0.15) is 5.69 Å². The van der Waals surface area contributed by atoms with Crippen LogP contribution in [0.5, 0.6) is 0 Å². The van der Waals surface area contributed by atoms with Crippen molar-refractivity contribution in [3.8, 4) is 0 Å². The second kappa shape index (κ2) is 5.95. The van der Waals surface area contributed by atoms with Gasteiger partial charge in [-0.25, -0.2) is 0 Å². The Hall–Kier alpha value is -1.37. The Morgan fingerprint density at radius 2 is 2.25 bits per heavy atom. The van der Waals surface area contributed by atoms with Crippen molar-refractivity contribution in [1.29, 1.82) is 0 Å². The van der Waals surface area contributed by atoms with E-state index in [1.165, 1.54) is 6.07 Å². The number of nitro benzene ring substituents is 1. The molecule has 0 aliphatic carbocycles. The fraction of sp³-hybridized carbons (Fsp3) is 0.538. The highest BCUT2D eigenvalue weighted by atomic mass is 35.5. The normalized spacial score (nSPS) is 22.6. The lowest BCUT2D eigenvalue weighted by Crippen LogP contribution is -2.37. The second-order valence-corrected chi connectivity index (χ2v) is 5.78. The molecule has 1 aliphatic heterocycles. The smallest absolute Gasteiger partial charge is 0.294 e. The molecule has 0 spiro atoms. The number of β-amino-alcohol motifs (C(OH)–C–C–N with tert-alkyl or cyclic N) is 1. The third kappa shape index (κ3) is 3.20. The van der Waals surface area contributed by atoms with Crippen LogP contribution < -0.4 is 4.90 Å². The summed E-state index contributed by atoms with van der Waals surface area (Å²) in [5.74, 6) is 0. The lowest BCUT2D eigenvalue weighted by atomic mass is 10.1. The highest BCUT2D eigenvalue weighted by Gasteiger charge is 2.34. The molecule has 0 aromatic heterocycles. The van der Waals surface area contributed by atoms with E-state index < -0.39 is 11.0 Å². The van der Waals surface area contributed by atoms with Crippen molar-refractivity contribution < 1.29 is 10.0 Å². The highest BCUT2D eigenvalue weighted by Crippen LogP contribution is 2.35. The van der Waals surface area contributed by atoms with Crippen molar-refractivity contribution in [2.45, 2.75) is 18.6 Å². The van der Waals surface area contributed by atoms with Crippen LogP contribution in [0.4, 0.5) is 11.4 Å². The first-order valence-electron chi connectivity index (χ1n) is 6.42. The molecule has 7 heteroatoms. The van der Waals surface area contributed by atoms with Crippen molar-refractivity contribution in [2.24, 2.45) is 0 Å². The Morgan fingerprint density at radius 1 is 1.55 bits per heavy atom. The van der Waals surface area contributed by atoms with E-state index >= 15 is 0 Å². The molecular weight excluding hydrogens is 282 g/mol. The number of likely N-dealkylation sites (N-methyl/N-ethyl adjacent to an activating group) is 1. The molecule has 0 amide bonds. The van der Waals surface area contributed by atoms with Gasteiger partial charge in [-0.05, 0) is 32.6 Å². The maximum atomic E-state index is 11.2. The lowest BCUT2D eigenvalue weighted by molar-refractivity contribution is -0.384. The minimum Gasteiger partial charge on any atom is -0.391 e. The molecule has 2 rings (SSSR count). The van der Waals surface area contributed by atoms with Crippen molar-refractivity contribution in [3.05, 3.63) is 33.3 Å². The van der Waals surface area contributed by atoms with Gasteiger partial charge in [0, 0.05) is 30.2 Å². The van der Waals surface area contributed by atoms with Crippen LogP contribution >= 0.6 is 11.6 Å². The van der Waals surface area contributed by atoms with Gasteiger partial charge in [-0.3, -0.25) is 10.1 Å². The van der Waals surface area contributed by atoms with Gasteiger partial charge >= 0.3 is 0 Å². The van der Waals surface area contributed by atoms with Crippen LogP contribution in [-0.4, -0.2) is 54.3 Å². The minimum atomic E-state index is -0.463. The first-order valence-corrected chi connectivity index (χ1v) is 6.79. The zero-order valence-corrected chi connectivity index (χ0v) is 12.2. The Bertz CT molecular complexity index is 510. The summed E-state index contributed by atoms with van der Waals surface area (Å²) < 4.78 is 0. The zero-order valence-electron chi connectivity index (χ0n) is 11.5. The quantitative estimate of drug-likeness (QED) is 0.677. The molecule has 0 bridgehead atoms. The molecule has 1 N–H and O–H groups in total. The van der Waals surface area contributed by atoms with Crippen LogP contribution in [-0.2, 0) is 0 Å². The summed E-state index contributed by atoms with van der Waals surface area (Å²) >= 11 is 5.84. The summed E-state index contributed by atoms with van der Waals surface area (Å²) in [7, 11) is 3.89. The van der Waals surface area contributed by atoms with E-state index in [4.69, 9.17) is 11.6 Å². The van der Waals surface area contributed by atoms with E-state index in [-0.39, 0.29) is 11.7 Å². The maximum Gasteiger partial charge on any atom is 0.294 e. The van der Waals surface area contributed by atoms with Crippen molar-refractivity contribution in [2.75, 3.05) is 32.1 Å². The number of aliphatic hydroxyl groups is 1. The van der Waals surface area contributed by atoms with Crippen LogP contribution in [0.25, 0.3) is 0 Å². The van der Waals surface area contributed by atoms with Gasteiger partial charge < -0.3 is 14.9 Å². The predicted octanol–water partition coefficient (Wildman–Crippen LogP) is 1.75. The van der Waals surface area contributed by atoms with Crippen LogP contribution in [0.3, 0.4) is 0 Å². The molecule has 110 valence electrons. The Morgan fingerprint density at radius 3 is 2.85 bits per heavy atom. The fourth-order valence-corrected chi connectivity index (χ4v) is 2.83. The average molecular weight is 300 g/mol. The molecule has 0 saturated carbocycles. The van der Waals surface area contributed by atoms with Gasteiger partial charge in [-0.15, -0.1) is 0 Å². The van der Waals surface area contributed by atoms with Gasteiger partial charge in [-0.1, -0.05) is 11.6 Å². The molecule has 2 atom stereocenters. The molecule has 1 heterocycles. The molecule has 2 unspecified atom stereocenters. The standard InChI is InChI=1S/C13H18ClN3O3/c1-15(2)7-10-6-11(18)8-16(10)12-4-3-9(14)5-13(12)17(19)20/h3-5,10-11,18H,6-8H2,1-2H3. The topological polar surface area (TPSA) is 69.8 Å². The summed E-state index contributed by atoms with van der Waals surface area (Å²) in [6.07, 6.45) is 0.146. The number of nitro groups is 1. The van der Waals surface area contributed by atoms with Gasteiger partial charge in [0.25, 0.3) is 5.69 Å². The first kappa shape index (κ1) is 15.0. The van der Waals surface area contributed by atoms with E-state index in [0.29, 0.717) is 23.7 Å². The number of aliphatic hydroxyl groups excluding tert-OH is 1. The lowest BCUT2D eigenvalue weighted by Gasteiger charge is -2.28. The van der Waals surface area contributed by atoms with E-state index in [1.807, 2.05) is 23.9 Å². The molecule has 6 nitrogen and oxygen atoms in total. The number of benzene rings is 1. The summed E-state index contributed by atoms with van der Waals surface area (Å²) in [5.41, 5.74) is 0.498. The first-order chi connectivity index (χ1) is 9.38. The van der Waals surface area contributed by atoms with Crippen LogP contribution in [0.15, 0.2) is 18.2 Å². The average Bonchev–Trinajstić information content (AvgIpc) is 2.69. The van der Waals surface area contributed by atoms with Gasteiger partial charge in [0.05, 0.1) is 11.0 Å². The number of halogens is 1.